The molecule has 0 aliphatic carbocycles. The number of hydrogen-bond acceptors (Lipinski definition) is 7. The Bertz CT molecular complexity index is 402. The first-order valence-electron chi connectivity index (χ1n) is 5.80. The summed E-state index contributed by atoms with van der Waals surface area (Å²) in [5.74, 6) is 6.91. The maximum atomic E-state index is 5.42. The van der Waals surface area contributed by atoms with Gasteiger partial charge in [-0.3, -0.25) is 0 Å². The van der Waals surface area contributed by atoms with Crippen molar-refractivity contribution in [2.24, 2.45) is 5.84 Å². The van der Waals surface area contributed by atoms with Crippen LogP contribution in [0.15, 0.2) is 6.33 Å². The van der Waals surface area contributed by atoms with Crippen molar-refractivity contribution in [2.45, 2.75) is 19.1 Å². The van der Waals surface area contributed by atoms with E-state index in [9.17, 15) is 0 Å². The minimum absolute atomic E-state index is 0.0543. The van der Waals surface area contributed by atoms with Gasteiger partial charge in [-0.05, 0) is 6.92 Å². The second kappa shape index (κ2) is 5.47. The molecule has 1 saturated heterocycles. The van der Waals surface area contributed by atoms with Gasteiger partial charge in [-0.25, -0.2) is 15.8 Å². The quantitative estimate of drug-likeness (QED) is 0.573. The summed E-state index contributed by atoms with van der Waals surface area (Å²) >= 11 is 0. The second-order valence-electron chi connectivity index (χ2n) is 4.27. The van der Waals surface area contributed by atoms with E-state index in [1.165, 1.54) is 6.33 Å². The Morgan fingerprint density at radius 1 is 1.28 bits per heavy atom. The van der Waals surface area contributed by atoms with E-state index in [2.05, 4.69) is 20.3 Å². The van der Waals surface area contributed by atoms with Crippen LogP contribution in [0.1, 0.15) is 5.56 Å². The molecular weight excluding hydrogens is 234 g/mol. The molecule has 1 aliphatic heterocycles. The molecule has 0 saturated carbocycles. The van der Waals surface area contributed by atoms with Crippen LogP contribution in [0.3, 0.4) is 0 Å². The number of nitrogens with one attached hydrogen (secondary N) is 1. The highest BCUT2D eigenvalue weighted by Crippen LogP contribution is 2.26. The van der Waals surface area contributed by atoms with Gasteiger partial charge in [0.25, 0.3) is 0 Å². The van der Waals surface area contributed by atoms with E-state index in [4.69, 9.17) is 15.3 Å². The topological polar surface area (TPSA) is 85.5 Å². The van der Waals surface area contributed by atoms with E-state index >= 15 is 0 Å². The standard InChI is InChI=1S/C11H19N5O2/c1-7-10(15-12)13-6-14-11(7)16-4-8(17-2)9(5-16)18-3/h6,8-9H,4-5,12H2,1-3H3,(H,13,14,15). The third-order valence-corrected chi connectivity index (χ3v) is 3.31. The summed E-state index contributed by atoms with van der Waals surface area (Å²) in [4.78, 5) is 10.5. The predicted octanol–water partition coefficient (Wildman–Crippen LogP) is -0.0794. The molecule has 2 unspecified atom stereocenters. The Morgan fingerprint density at radius 3 is 2.39 bits per heavy atom. The molecule has 7 heteroatoms. The predicted molar refractivity (Wildman–Crippen MR) is 68.4 cm³/mol. The molecule has 2 heterocycles. The first-order chi connectivity index (χ1) is 8.71. The summed E-state index contributed by atoms with van der Waals surface area (Å²) in [6.07, 6.45) is 1.61. The number of methoxy groups -OCH3 is 2. The van der Waals surface area contributed by atoms with Crippen molar-refractivity contribution in [3.8, 4) is 0 Å². The average Bonchev–Trinajstić information content (AvgIpc) is 2.82. The zero-order valence-electron chi connectivity index (χ0n) is 10.9. The van der Waals surface area contributed by atoms with E-state index < -0.39 is 0 Å². The number of nitrogen functional groups attached to an aromatic ring is 1. The lowest BCUT2D eigenvalue weighted by molar-refractivity contribution is -0.00461. The highest BCUT2D eigenvalue weighted by molar-refractivity contribution is 5.58. The number of ether oxygens (including phenoxy) is 2. The summed E-state index contributed by atoms with van der Waals surface area (Å²) in [6.45, 7) is 3.43. The summed E-state index contributed by atoms with van der Waals surface area (Å²) in [5, 5.41) is 0. The van der Waals surface area contributed by atoms with E-state index in [1.54, 1.807) is 14.2 Å². The van der Waals surface area contributed by atoms with Crippen molar-refractivity contribution >= 4 is 11.6 Å². The SMILES string of the molecule is COC1CN(c2ncnc(NN)c2C)CC1OC. The van der Waals surface area contributed by atoms with Crippen LogP contribution in [0.2, 0.25) is 0 Å². The van der Waals surface area contributed by atoms with Gasteiger partial charge < -0.3 is 19.8 Å². The molecule has 0 bridgehead atoms. The first kappa shape index (κ1) is 13.0. The van der Waals surface area contributed by atoms with Crippen LogP contribution in [-0.4, -0.2) is 49.5 Å². The van der Waals surface area contributed by atoms with Crippen molar-refractivity contribution in [1.29, 1.82) is 0 Å². The Morgan fingerprint density at radius 2 is 1.89 bits per heavy atom. The molecule has 0 radical (unpaired) electrons. The normalized spacial score (nSPS) is 23.4. The average molecular weight is 253 g/mol. The van der Waals surface area contributed by atoms with Gasteiger partial charge in [-0.1, -0.05) is 0 Å². The molecule has 2 atom stereocenters. The van der Waals surface area contributed by atoms with Gasteiger partial charge in [0, 0.05) is 32.9 Å². The third kappa shape index (κ3) is 2.24. The Hall–Kier alpha value is -1.44. The molecule has 0 aromatic carbocycles. The number of nitrogens with zero attached hydrogens (tertiary/aromatic N) is 3. The van der Waals surface area contributed by atoms with E-state index in [-0.39, 0.29) is 12.2 Å². The number of rotatable bonds is 4. The van der Waals surface area contributed by atoms with Crippen LogP contribution < -0.4 is 16.2 Å². The van der Waals surface area contributed by atoms with E-state index in [1.807, 2.05) is 6.92 Å². The van der Waals surface area contributed by atoms with Gasteiger partial charge >= 0.3 is 0 Å². The van der Waals surface area contributed by atoms with Gasteiger partial charge in [0.2, 0.25) is 0 Å². The van der Waals surface area contributed by atoms with Crippen molar-refractivity contribution in [1.82, 2.24) is 9.97 Å². The maximum Gasteiger partial charge on any atom is 0.148 e. The lowest BCUT2D eigenvalue weighted by Crippen LogP contribution is -2.27. The molecule has 3 N–H and O–H groups in total. The minimum Gasteiger partial charge on any atom is -0.377 e. The summed E-state index contributed by atoms with van der Waals surface area (Å²) in [7, 11) is 3.39. The molecule has 18 heavy (non-hydrogen) atoms. The maximum absolute atomic E-state index is 5.42. The molecular formula is C11H19N5O2. The van der Waals surface area contributed by atoms with Gasteiger partial charge in [0.15, 0.2) is 0 Å². The fraction of sp³-hybridized carbons (Fsp3) is 0.636. The molecule has 1 aromatic heterocycles. The first-order valence-corrected chi connectivity index (χ1v) is 5.80. The van der Waals surface area contributed by atoms with E-state index in [0.717, 1.165) is 24.5 Å². The number of hydrogen-bond donors (Lipinski definition) is 2. The molecule has 1 fully saturated rings. The molecule has 1 aliphatic rings. The molecule has 2 rings (SSSR count). The third-order valence-electron chi connectivity index (χ3n) is 3.31. The monoisotopic (exact) mass is 253 g/mol. The van der Waals surface area contributed by atoms with Gasteiger partial charge in [0.05, 0.1) is 0 Å². The Kier molecular flexibility index (Phi) is 3.95. The second-order valence-corrected chi connectivity index (χ2v) is 4.27. The number of nitrogens with two attached hydrogens (primary N) is 1. The van der Waals surface area contributed by atoms with Gasteiger partial charge in [-0.15, -0.1) is 0 Å². The Labute approximate surface area is 106 Å². The molecule has 1 aromatic rings. The zero-order chi connectivity index (χ0) is 13.1. The highest BCUT2D eigenvalue weighted by atomic mass is 16.5. The largest absolute Gasteiger partial charge is 0.377 e. The van der Waals surface area contributed by atoms with Crippen LogP contribution >= 0.6 is 0 Å². The van der Waals surface area contributed by atoms with Crippen LogP contribution in [-0.2, 0) is 9.47 Å². The zero-order valence-corrected chi connectivity index (χ0v) is 10.9. The molecule has 7 nitrogen and oxygen atoms in total. The smallest absolute Gasteiger partial charge is 0.148 e. The minimum atomic E-state index is 0.0543. The van der Waals surface area contributed by atoms with Crippen molar-refractivity contribution in [3.63, 3.8) is 0 Å². The van der Waals surface area contributed by atoms with Crippen molar-refractivity contribution in [3.05, 3.63) is 11.9 Å². The Balaban J connectivity index is 2.23. The van der Waals surface area contributed by atoms with Crippen LogP contribution in [0, 0.1) is 6.92 Å². The van der Waals surface area contributed by atoms with Gasteiger partial charge in [0.1, 0.15) is 30.2 Å². The van der Waals surface area contributed by atoms with Crippen LogP contribution in [0.5, 0.6) is 0 Å². The summed E-state index contributed by atoms with van der Waals surface area (Å²) in [6, 6.07) is 0. The molecule has 100 valence electrons. The number of aromatic nitrogens is 2. The lowest BCUT2D eigenvalue weighted by Gasteiger charge is -2.19. The molecule has 0 amide bonds. The van der Waals surface area contributed by atoms with Crippen LogP contribution in [0.25, 0.3) is 0 Å². The summed E-state index contributed by atoms with van der Waals surface area (Å²) < 4.78 is 10.8. The summed E-state index contributed by atoms with van der Waals surface area (Å²) in [5.41, 5.74) is 3.49. The lowest BCUT2D eigenvalue weighted by atomic mass is 10.3. The fourth-order valence-electron chi connectivity index (χ4n) is 2.27. The van der Waals surface area contributed by atoms with E-state index in [0.29, 0.717) is 5.82 Å². The number of anilines is 2. The molecule has 0 spiro atoms. The number of hydrazine groups is 1. The van der Waals surface area contributed by atoms with Gasteiger partial charge in [-0.2, -0.15) is 0 Å². The van der Waals surface area contributed by atoms with Crippen molar-refractivity contribution < 1.29 is 9.47 Å². The fourth-order valence-corrected chi connectivity index (χ4v) is 2.27. The highest BCUT2D eigenvalue weighted by Gasteiger charge is 2.34. The van der Waals surface area contributed by atoms with Crippen molar-refractivity contribution in [2.75, 3.05) is 37.6 Å². The van der Waals surface area contributed by atoms with Crippen LogP contribution in [0.4, 0.5) is 11.6 Å².